The van der Waals surface area contributed by atoms with Gasteiger partial charge in [0.2, 0.25) is 0 Å². The van der Waals surface area contributed by atoms with Crippen LogP contribution in [-0.2, 0) is 6.54 Å². The third-order valence-corrected chi connectivity index (χ3v) is 4.73. The molecule has 0 spiro atoms. The van der Waals surface area contributed by atoms with Gasteiger partial charge in [0.1, 0.15) is 0 Å². The molecule has 0 aliphatic heterocycles. The molecule has 7 heteroatoms. The average molecular weight is 392 g/mol. The number of aromatic nitrogens is 2. The first kappa shape index (κ1) is 20.3. The molecule has 2 amide bonds. The van der Waals surface area contributed by atoms with Crippen LogP contribution in [0.3, 0.4) is 0 Å². The van der Waals surface area contributed by atoms with Crippen LogP contribution in [0.15, 0.2) is 53.3 Å². The molecule has 0 atom stereocenters. The Bertz CT molecular complexity index is 1120. The Kier molecular flexibility index (Phi) is 5.77. The lowest BCUT2D eigenvalue weighted by molar-refractivity contribution is 0.0778. The molecule has 2 aromatic carbocycles. The summed E-state index contributed by atoms with van der Waals surface area (Å²) in [6.45, 7) is 4.06. The molecule has 0 fully saturated rings. The third-order valence-electron chi connectivity index (χ3n) is 4.73. The van der Waals surface area contributed by atoms with Crippen LogP contribution < -0.4 is 10.9 Å². The summed E-state index contributed by atoms with van der Waals surface area (Å²) < 4.78 is 1.35. The molecule has 0 bridgehead atoms. The van der Waals surface area contributed by atoms with Crippen molar-refractivity contribution in [3.8, 4) is 0 Å². The summed E-state index contributed by atoms with van der Waals surface area (Å²) in [4.78, 5) is 39.0. The Labute approximate surface area is 169 Å². The van der Waals surface area contributed by atoms with E-state index in [1.807, 2.05) is 26.0 Å². The van der Waals surface area contributed by atoms with E-state index in [1.54, 1.807) is 55.4 Å². The summed E-state index contributed by atoms with van der Waals surface area (Å²) in [5.74, 6) is -0.432. The summed E-state index contributed by atoms with van der Waals surface area (Å²) in [6, 6.07) is 13.9. The Hall–Kier alpha value is -3.48. The number of fused-ring (bicyclic) bond motifs is 1. The second kappa shape index (κ2) is 8.26. The van der Waals surface area contributed by atoms with Crippen LogP contribution in [0.1, 0.15) is 46.3 Å². The molecule has 3 aromatic rings. The molecule has 0 saturated carbocycles. The van der Waals surface area contributed by atoms with Gasteiger partial charge in [0, 0.05) is 31.6 Å². The minimum absolute atomic E-state index is 0.160. The molecule has 0 saturated heterocycles. The maximum absolute atomic E-state index is 13.2. The molecule has 7 nitrogen and oxygen atoms in total. The zero-order valence-electron chi connectivity index (χ0n) is 17.0. The molecule has 150 valence electrons. The SMILES string of the molecule is CNC(=O)c1ccc(CN(C)C(=O)c2nn(C(C)C)c(=O)c3ccccc23)cc1. The fraction of sp³-hybridized carbons (Fsp3) is 0.273. The second-order valence-corrected chi connectivity index (χ2v) is 7.17. The highest BCUT2D eigenvalue weighted by Crippen LogP contribution is 2.17. The smallest absolute Gasteiger partial charge is 0.274 e. The lowest BCUT2D eigenvalue weighted by atomic mass is 10.1. The highest BCUT2D eigenvalue weighted by atomic mass is 16.2. The predicted octanol–water partition coefficient (Wildman–Crippen LogP) is 2.61. The molecular weight excluding hydrogens is 368 g/mol. The average Bonchev–Trinajstić information content (AvgIpc) is 2.73. The standard InChI is InChI=1S/C22H24N4O3/c1-14(2)26-21(28)18-8-6-5-7-17(18)19(24-26)22(29)25(4)13-15-9-11-16(12-10-15)20(27)23-3/h5-12,14H,13H2,1-4H3,(H,23,27). The van der Waals surface area contributed by atoms with Gasteiger partial charge < -0.3 is 10.2 Å². The van der Waals surface area contributed by atoms with Gasteiger partial charge in [-0.25, -0.2) is 4.68 Å². The van der Waals surface area contributed by atoms with Gasteiger partial charge in [-0.3, -0.25) is 14.4 Å². The quantitative estimate of drug-likeness (QED) is 0.723. The molecule has 1 heterocycles. The molecule has 0 aliphatic carbocycles. The van der Waals surface area contributed by atoms with E-state index in [1.165, 1.54) is 4.68 Å². The predicted molar refractivity (Wildman–Crippen MR) is 112 cm³/mol. The summed E-state index contributed by atoms with van der Waals surface area (Å²) >= 11 is 0. The summed E-state index contributed by atoms with van der Waals surface area (Å²) in [5, 5.41) is 7.97. The number of carbonyl (C=O) groups excluding carboxylic acids is 2. The lowest BCUT2D eigenvalue weighted by Gasteiger charge is -2.19. The summed E-state index contributed by atoms with van der Waals surface area (Å²) in [5.41, 5.74) is 1.48. The second-order valence-electron chi connectivity index (χ2n) is 7.17. The van der Waals surface area contributed by atoms with Crippen molar-refractivity contribution < 1.29 is 9.59 Å². The van der Waals surface area contributed by atoms with Gasteiger partial charge in [-0.05, 0) is 37.6 Å². The van der Waals surface area contributed by atoms with E-state index in [9.17, 15) is 14.4 Å². The first-order valence-electron chi connectivity index (χ1n) is 9.41. The number of hydrogen-bond donors (Lipinski definition) is 1. The molecule has 1 aromatic heterocycles. The minimum Gasteiger partial charge on any atom is -0.355 e. The van der Waals surface area contributed by atoms with Crippen LogP contribution in [0.4, 0.5) is 0 Å². The number of rotatable bonds is 5. The number of carbonyl (C=O) groups is 2. The van der Waals surface area contributed by atoms with Gasteiger partial charge in [-0.15, -0.1) is 0 Å². The zero-order chi connectivity index (χ0) is 21.1. The maximum Gasteiger partial charge on any atom is 0.274 e. The zero-order valence-corrected chi connectivity index (χ0v) is 17.0. The van der Waals surface area contributed by atoms with Crippen LogP contribution in [0.2, 0.25) is 0 Å². The molecule has 3 rings (SSSR count). The number of hydrogen-bond acceptors (Lipinski definition) is 4. The first-order chi connectivity index (χ1) is 13.8. The van der Waals surface area contributed by atoms with E-state index >= 15 is 0 Å². The van der Waals surface area contributed by atoms with Crippen molar-refractivity contribution >= 4 is 22.6 Å². The van der Waals surface area contributed by atoms with Gasteiger partial charge in [0.05, 0.1) is 11.4 Å². The van der Waals surface area contributed by atoms with Crippen molar-refractivity contribution in [3.05, 3.63) is 75.7 Å². The van der Waals surface area contributed by atoms with Crippen LogP contribution >= 0.6 is 0 Å². The number of amides is 2. The van der Waals surface area contributed by atoms with Crippen LogP contribution in [0.25, 0.3) is 10.8 Å². The van der Waals surface area contributed by atoms with Gasteiger partial charge in [0.25, 0.3) is 17.4 Å². The van der Waals surface area contributed by atoms with E-state index in [4.69, 9.17) is 0 Å². The van der Waals surface area contributed by atoms with E-state index in [-0.39, 0.29) is 29.1 Å². The van der Waals surface area contributed by atoms with Crippen LogP contribution in [0.5, 0.6) is 0 Å². The molecule has 0 unspecified atom stereocenters. The van der Waals surface area contributed by atoms with Crippen molar-refractivity contribution in [1.29, 1.82) is 0 Å². The monoisotopic (exact) mass is 392 g/mol. The summed E-state index contributed by atoms with van der Waals surface area (Å²) in [7, 11) is 3.27. The van der Waals surface area contributed by atoms with Crippen LogP contribution in [-0.4, -0.2) is 40.6 Å². The molecular formula is C22H24N4O3. The fourth-order valence-corrected chi connectivity index (χ4v) is 3.15. The highest BCUT2D eigenvalue weighted by molar-refractivity contribution is 6.04. The fourth-order valence-electron chi connectivity index (χ4n) is 3.15. The molecule has 1 N–H and O–H groups in total. The van der Waals surface area contributed by atoms with Crippen molar-refractivity contribution in [2.45, 2.75) is 26.4 Å². The molecule has 0 aliphatic rings. The third kappa shape index (κ3) is 4.03. The normalized spacial score (nSPS) is 10.9. The lowest BCUT2D eigenvalue weighted by Crippen LogP contribution is -2.32. The molecule has 29 heavy (non-hydrogen) atoms. The van der Waals surface area contributed by atoms with E-state index in [0.29, 0.717) is 22.9 Å². The van der Waals surface area contributed by atoms with Gasteiger partial charge in [-0.1, -0.05) is 30.3 Å². The number of benzene rings is 2. The van der Waals surface area contributed by atoms with Crippen molar-refractivity contribution in [3.63, 3.8) is 0 Å². The highest BCUT2D eigenvalue weighted by Gasteiger charge is 2.21. The topological polar surface area (TPSA) is 84.3 Å². The van der Waals surface area contributed by atoms with Gasteiger partial charge in [0.15, 0.2) is 5.69 Å². The largest absolute Gasteiger partial charge is 0.355 e. The Balaban J connectivity index is 1.93. The van der Waals surface area contributed by atoms with E-state index in [2.05, 4.69) is 10.4 Å². The van der Waals surface area contributed by atoms with E-state index in [0.717, 1.165) is 5.56 Å². The maximum atomic E-state index is 13.2. The minimum atomic E-state index is -0.272. The summed E-state index contributed by atoms with van der Waals surface area (Å²) in [6.07, 6.45) is 0. The Morgan fingerprint density at radius 3 is 2.28 bits per heavy atom. The van der Waals surface area contributed by atoms with Gasteiger partial charge >= 0.3 is 0 Å². The van der Waals surface area contributed by atoms with Crippen molar-refractivity contribution in [2.75, 3.05) is 14.1 Å². The van der Waals surface area contributed by atoms with Gasteiger partial charge in [-0.2, -0.15) is 5.10 Å². The van der Waals surface area contributed by atoms with Crippen molar-refractivity contribution in [1.82, 2.24) is 20.0 Å². The number of nitrogens with one attached hydrogen (secondary N) is 1. The Morgan fingerprint density at radius 1 is 1.07 bits per heavy atom. The van der Waals surface area contributed by atoms with Crippen LogP contribution in [0, 0.1) is 0 Å². The van der Waals surface area contributed by atoms with E-state index < -0.39 is 0 Å². The number of nitrogens with zero attached hydrogens (tertiary/aromatic N) is 3. The first-order valence-corrected chi connectivity index (χ1v) is 9.41. The Morgan fingerprint density at radius 2 is 1.69 bits per heavy atom. The molecule has 0 radical (unpaired) electrons. The van der Waals surface area contributed by atoms with Crippen molar-refractivity contribution in [2.24, 2.45) is 0 Å².